The number of carbonyl (C=O) groups excluding carboxylic acids is 1. The van der Waals surface area contributed by atoms with Crippen LogP contribution >= 0.6 is 11.3 Å². The second-order valence-corrected chi connectivity index (χ2v) is 3.99. The van der Waals surface area contributed by atoms with E-state index in [1.807, 2.05) is 17.5 Å². The van der Waals surface area contributed by atoms with Gasteiger partial charge < -0.3 is 9.73 Å². The van der Waals surface area contributed by atoms with E-state index in [4.69, 9.17) is 4.42 Å². The van der Waals surface area contributed by atoms with Crippen LogP contribution in [0.2, 0.25) is 0 Å². The highest BCUT2D eigenvalue weighted by atomic mass is 32.1. The molecule has 0 unspecified atom stereocenters. The van der Waals surface area contributed by atoms with E-state index in [1.54, 1.807) is 17.6 Å². The van der Waals surface area contributed by atoms with Crippen LogP contribution in [0.4, 0.5) is 0 Å². The van der Waals surface area contributed by atoms with Crippen LogP contribution in [0.5, 0.6) is 0 Å². The third kappa shape index (κ3) is 2.38. The van der Waals surface area contributed by atoms with Crippen LogP contribution in [0, 0.1) is 0 Å². The maximum absolute atomic E-state index is 10.9. The quantitative estimate of drug-likeness (QED) is 0.825. The van der Waals surface area contributed by atoms with Crippen molar-refractivity contribution in [2.45, 2.75) is 6.54 Å². The van der Waals surface area contributed by atoms with Crippen molar-refractivity contribution in [2.24, 2.45) is 0 Å². The summed E-state index contributed by atoms with van der Waals surface area (Å²) in [6, 6.07) is 3.87. The third-order valence-corrected chi connectivity index (χ3v) is 2.77. The molecule has 0 radical (unpaired) electrons. The van der Waals surface area contributed by atoms with E-state index in [0.29, 0.717) is 18.1 Å². The fraction of sp³-hybridized carbons (Fsp3) is 0.0909. The molecule has 4 nitrogen and oxygen atoms in total. The Labute approximate surface area is 96.6 Å². The van der Waals surface area contributed by atoms with Crippen molar-refractivity contribution in [3.63, 3.8) is 0 Å². The van der Waals surface area contributed by atoms with Gasteiger partial charge in [-0.25, -0.2) is 4.98 Å². The monoisotopic (exact) mass is 234 g/mol. The molecule has 0 fully saturated rings. The highest BCUT2D eigenvalue weighted by Crippen LogP contribution is 2.23. The summed E-state index contributed by atoms with van der Waals surface area (Å²) in [5.41, 5.74) is 0.693. The minimum absolute atomic E-state index is 0.222. The SMILES string of the molecule is C=CC(=O)NCc1coc(-c2cccs2)n1. The van der Waals surface area contributed by atoms with Gasteiger partial charge in [0.05, 0.1) is 17.1 Å². The Bertz CT molecular complexity index is 488. The molecule has 0 aliphatic heterocycles. The molecule has 1 amide bonds. The molecule has 0 aliphatic rings. The number of nitrogens with one attached hydrogen (secondary N) is 1. The van der Waals surface area contributed by atoms with Gasteiger partial charge in [-0.2, -0.15) is 0 Å². The van der Waals surface area contributed by atoms with Gasteiger partial charge in [-0.3, -0.25) is 4.79 Å². The number of rotatable bonds is 4. The molecule has 2 aromatic rings. The summed E-state index contributed by atoms with van der Waals surface area (Å²) in [6.45, 7) is 3.71. The van der Waals surface area contributed by atoms with Crippen LogP contribution in [-0.2, 0) is 11.3 Å². The van der Waals surface area contributed by atoms with Gasteiger partial charge in [0.25, 0.3) is 0 Å². The van der Waals surface area contributed by atoms with Crippen molar-refractivity contribution >= 4 is 17.2 Å². The molecule has 5 heteroatoms. The average molecular weight is 234 g/mol. The summed E-state index contributed by atoms with van der Waals surface area (Å²) in [5.74, 6) is 0.360. The van der Waals surface area contributed by atoms with Crippen LogP contribution in [0.3, 0.4) is 0 Å². The summed E-state index contributed by atoms with van der Waals surface area (Å²) in [5, 5.41) is 4.59. The van der Waals surface area contributed by atoms with E-state index >= 15 is 0 Å². The highest BCUT2D eigenvalue weighted by molar-refractivity contribution is 7.13. The first-order chi connectivity index (χ1) is 7.79. The molecule has 0 saturated heterocycles. The van der Waals surface area contributed by atoms with Crippen LogP contribution in [0.15, 0.2) is 40.8 Å². The second-order valence-electron chi connectivity index (χ2n) is 3.04. The summed E-state index contributed by atoms with van der Waals surface area (Å²) < 4.78 is 5.30. The zero-order chi connectivity index (χ0) is 11.4. The highest BCUT2D eigenvalue weighted by Gasteiger charge is 2.07. The zero-order valence-electron chi connectivity index (χ0n) is 8.47. The van der Waals surface area contributed by atoms with E-state index < -0.39 is 0 Å². The zero-order valence-corrected chi connectivity index (χ0v) is 9.29. The van der Waals surface area contributed by atoms with Gasteiger partial charge in [0.1, 0.15) is 6.26 Å². The van der Waals surface area contributed by atoms with E-state index in [-0.39, 0.29) is 5.91 Å². The summed E-state index contributed by atoms with van der Waals surface area (Å²) >= 11 is 1.56. The second kappa shape index (κ2) is 4.76. The Morgan fingerprint density at radius 2 is 2.56 bits per heavy atom. The first-order valence-electron chi connectivity index (χ1n) is 4.68. The molecule has 0 saturated carbocycles. The summed E-state index contributed by atoms with van der Waals surface area (Å²) in [7, 11) is 0. The normalized spacial score (nSPS) is 10.0. The molecule has 0 bridgehead atoms. The van der Waals surface area contributed by atoms with Crippen molar-refractivity contribution in [3.8, 4) is 10.8 Å². The smallest absolute Gasteiger partial charge is 0.243 e. The summed E-state index contributed by atoms with van der Waals surface area (Å²) in [4.78, 5) is 16.2. The number of amides is 1. The average Bonchev–Trinajstić information content (AvgIpc) is 2.95. The van der Waals surface area contributed by atoms with E-state index in [9.17, 15) is 4.79 Å². The van der Waals surface area contributed by atoms with Gasteiger partial charge in [-0.1, -0.05) is 12.6 Å². The van der Waals surface area contributed by atoms with Crippen molar-refractivity contribution < 1.29 is 9.21 Å². The molecule has 82 valence electrons. The first kappa shape index (κ1) is 10.6. The Hall–Kier alpha value is -1.88. The van der Waals surface area contributed by atoms with E-state index in [1.165, 1.54) is 6.08 Å². The topological polar surface area (TPSA) is 55.1 Å². The van der Waals surface area contributed by atoms with Crippen molar-refractivity contribution in [1.29, 1.82) is 0 Å². The lowest BCUT2D eigenvalue weighted by Gasteiger charge is -1.95. The Kier molecular flexibility index (Phi) is 3.16. The molecule has 0 spiro atoms. The van der Waals surface area contributed by atoms with Gasteiger partial charge in [-0.15, -0.1) is 11.3 Å². The largest absolute Gasteiger partial charge is 0.443 e. The van der Waals surface area contributed by atoms with Crippen LogP contribution in [-0.4, -0.2) is 10.9 Å². The lowest BCUT2D eigenvalue weighted by Crippen LogP contribution is -2.20. The molecule has 0 aromatic carbocycles. The van der Waals surface area contributed by atoms with Gasteiger partial charge in [0.15, 0.2) is 0 Å². The Morgan fingerprint density at radius 1 is 1.69 bits per heavy atom. The molecule has 0 aliphatic carbocycles. The predicted octanol–water partition coefficient (Wildman–Crippen LogP) is 2.21. The van der Waals surface area contributed by atoms with Crippen LogP contribution < -0.4 is 5.32 Å². The number of nitrogens with zero attached hydrogens (tertiary/aromatic N) is 1. The maximum Gasteiger partial charge on any atom is 0.243 e. The molecular weight excluding hydrogens is 224 g/mol. The van der Waals surface area contributed by atoms with Crippen LogP contribution in [0.25, 0.3) is 10.8 Å². The van der Waals surface area contributed by atoms with Gasteiger partial charge in [0, 0.05) is 0 Å². The number of carbonyl (C=O) groups is 1. The number of hydrogen-bond acceptors (Lipinski definition) is 4. The Balaban J connectivity index is 2.03. The summed E-state index contributed by atoms with van der Waals surface area (Å²) in [6.07, 6.45) is 2.76. The molecule has 2 aromatic heterocycles. The number of hydrogen-bond donors (Lipinski definition) is 1. The van der Waals surface area contributed by atoms with Crippen LogP contribution in [0.1, 0.15) is 5.69 Å². The standard InChI is InChI=1S/C11H10N2O2S/c1-2-10(14)12-6-8-7-15-11(13-8)9-4-3-5-16-9/h2-5,7H,1,6H2,(H,12,14). The first-order valence-corrected chi connectivity index (χ1v) is 5.56. The fourth-order valence-electron chi connectivity index (χ4n) is 1.15. The molecular formula is C11H10N2O2S. The number of aromatic nitrogens is 1. The van der Waals surface area contributed by atoms with E-state index in [0.717, 1.165) is 4.88 Å². The number of oxazole rings is 1. The molecule has 0 atom stereocenters. The fourth-order valence-corrected chi connectivity index (χ4v) is 1.81. The lowest BCUT2D eigenvalue weighted by molar-refractivity contribution is -0.116. The van der Waals surface area contributed by atoms with Crippen molar-refractivity contribution in [1.82, 2.24) is 10.3 Å². The minimum atomic E-state index is -0.222. The van der Waals surface area contributed by atoms with Crippen molar-refractivity contribution in [2.75, 3.05) is 0 Å². The molecule has 1 N–H and O–H groups in total. The minimum Gasteiger partial charge on any atom is -0.443 e. The Morgan fingerprint density at radius 3 is 3.25 bits per heavy atom. The van der Waals surface area contributed by atoms with Gasteiger partial charge in [-0.05, 0) is 17.5 Å². The molecule has 16 heavy (non-hydrogen) atoms. The maximum atomic E-state index is 10.9. The lowest BCUT2D eigenvalue weighted by atomic mass is 10.4. The molecule has 2 heterocycles. The molecule has 2 rings (SSSR count). The van der Waals surface area contributed by atoms with Crippen molar-refractivity contribution in [3.05, 3.63) is 42.1 Å². The third-order valence-electron chi connectivity index (χ3n) is 1.91. The van der Waals surface area contributed by atoms with Gasteiger partial charge >= 0.3 is 0 Å². The van der Waals surface area contributed by atoms with Gasteiger partial charge in [0.2, 0.25) is 11.8 Å². The van der Waals surface area contributed by atoms with E-state index in [2.05, 4.69) is 16.9 Å². The predicted molar refractivity (Wildman–Crippen MR) is 61.9 cm³/mol. The number of thiophene rings is 1.